The number of carbonyl (C=O) groups is 1. The van der Waals surface area contributed by atoms with Gasteiger partial charge in [-0.25, -0.2) is 0 Å². The Labute approximate surface area is 118 Å². The van der Waals surface area contributed by atoms with Crippen LogP contribution in [0.5, 0.6) is 11.5 Å². The van der Waals surface area contributed by atoms with Crippen LogP contribution < -0.4 is 9.47 Å². The van der Waals surface area contributed by atoms with Crippen molar-refractivity contribution in [3.8, 4) is 23.3 Å². The second-order valence-corrected chi connectivity index (χ2v) is 3.97. The molecule has 0 N–H and O–H groups in total. The summed E-state index contributed by atoms with van der Waals surface area (Å²) in [7, 11) is 1.62. The molecular weight excluding hydrogens is 252 g/mol. The fraction of sp³-hybridized carbons (Fsp3) is 0.118. The second-order valence-electron chi connectivity index (χ2n) is 3.97. The van der Waals surface area contributed by atoms with Gasteiger partial charge in [0.1, 0.15) is 18.1 Å². The first-order chi connectivity index (χ1) is 9.83. The number of hydrogen-bond donors (Lipinski definition) is 0. The van der Waals surface area contributed by atoms with Crippen LogP contribution in [-0.4, -0.2) is 20.0 Å². The predicted octanol–water partition coefficient (Wildman–Crippen LogP) is 2.94. The summed E-state index contributed by atoms with van der Waals surface area (Å²) in [6.07, 6.45) is 0.770. The van der Waals surface area contributed by atoms with Gasteiger partial charge in [0.25, 0.3) is 0 Å². The van der Waals surface area contributed by atoms with Crippen LogP contribution in [0.15, 0.2) is 48.5 Å². The van der Waals surface area contributed by atoms with E-state index in [0.29, 0.717) is 11.3 Å². The minimum Gasteiger partial charge on any atom is -0.497 e. The van der Waals surface area contributed by atoms with Crippen LogP contribution in [-0.2, 0) is 0 Å². The molecule has 2 rings (SSSR count). The van der Waals surface area contributed by atoms with Crippen molar-refractivity contribution in [1.29, 1.82) is 0 Å². The third-order valence-electron chi connectivity index (χ3n) is 2.67. The van der Waals surface area contributed by atoms with Gasteiger partial charge in [-0.1, -0.05) is 24.0 Å². The van der Waals surface area contributed by atoms with E-state index in [2.05, 4.69) is 11.8 Å². The van der Waals surface area contributed by atoms with Gasteiger partial charge >= 0.3 is 0 Å². The molecule has 0 spiro atoms. The molecule has 20 heavy (non-hydrogen) atoms. The molecule has 0 aliphatic carbocycles. The highest BCUT2D eigenvalue weighted by Crippen LogP contribution is 2.15. The van der Waals surface area contributed by atoms with Gasteiger partial charge in [0.15, 0.2) is 6.29 Å². The van der Waals surface area contributed by atoms with Crippen LogP contribution in [0.4, 0.5) is 0 Å². The summed E-state index contributed by atoms with van der Waals surface area (Å²) < 4.78 is 10.5. The number of para-hydroxylation sites is 1. The Morgan fingerprint density at radius 3 is 2.55 bits per heavy atom. The Hall–Kier alpha value is -2.73. The van der Waals surface area contributed by atoms with E-state index in [9.17, 15) is 4.79 Å². The van der Waals surface area contributed by atoms with Gasteiger partial charge in [-0.05, 0) is 36.4 Å². The maximum Gasteiger partial charge on any atom is 0.153 e. The van der Waals surface area contributed by atoms with Gasteiger partial charge in [-0.15, -0.1) is 0 Å². The van der Waals surface area contributed by atoms with E-state index >= 15 is 0 Å². The summed E-state index contributed by atoms with van der Waals surface area (Å²) in [6, 6.07) is 14.5. The average Bonchev–Trinajstić information content (AvgIpc) is 2.52. The van der Waals surface area contributed by atoms with Gasteiger partial charge in [0.05, 0.1) is 12.7 Å². The van der Waals surface area contributed by atoms with Crippen molar-refractivity contribution < 1.29 is 14.3 Å². The van der Waals surface area contributed by atoms with Crippen molar-refractivity contribution in [3.63, 3.8) is 0 Å². The van der Waals surface area contributed by atoms with E-state index in [1.54, 1.807) is 25.3 Å². The van der Waals surface area contributed by atoms with E-state index in [1.165, 1.54) is 0 Å². The maximum absolute atomic E-state index is 10.8. The van der Waals surface area contributed by atoms with Gasteiger partial charge in [-0.2, -0.15) is 0 Å². The summed E-state index contributed by atoms with van der Waals surface area (Å²) >= 11 is 0. The molecule has 0 saturated carbocycles. The Kier molecular flexibility index (Phi) is 4.80. The van der Waals surface area contributed by atoms with Crippen LogP contribution in [0, 0.1) is 11.8 Å². The third kappa shape index (κ3) is 3.63. The molecule has 0 radical (unpaired) electrons. The molecule has 0 atom stereocenters. The molecule has 0 aliphatic heterocycles. The lowest BCUT2D eigenvalue weighted by Gasteiger charge is -2.03. The van der Waals surface area contributed by atoms with Crippen molar-refractivity contribution in [2.24, 2.45) is 0 Å². The van der Waals surface area contributed by atoms with Crippen molar-refractivity contribution in [2.75, 3.05) is 13.7 Å². The summed E-state index contributed by atoms with van der Waals surface area (Å²) in [5, 5.41) is 0. The lowest BCUT2D eigenvalue weighted by atomic mass is 10.2. The highest BCUT2D eigenvalue weighted by atomic mass is 16.5. The van der Waals surface area contributed by atoms with Crippen molar-refractivity contribution in [2.45, 2.75) is 0 Å². The molecule has 0 saturated heterocycles. The van der Waals surface area contributed by atoms with Gasteiger partial charge in [0.2, 0.25) is 0 Å². The highest BCUT2D eigenvalue weighted by Gasteiger charge is 1.99. The Morgan fingerprint density at radius 1 is 1.10 bits per heavy atom. The minimum atomic E-state index is 0.233. The largest absolute Gasteiger partial charge is 0.497 e. The fourth-order valence-corrected chi connectivity index (χ4v) is 1.64. The van der Waals surface area contributed by atoms with E-state index < -0.39 is 0 Å². The first kappa shape index (κ1) is 13.7. The molecule has 0 fully saturated rings. The number of methoxy groups -OCH3 is 1. The molecule has 3 nitrogen and oxygen atoms in total. The van der Waals surface area contributed by atoms with Crippen LogP contribution in [0.3, 0.4) is 0 Å². The smallest absolute Gasteiger partial charge is 0.153 e. The van der Waals surface area contributed by atoms with Crippen molar-refractivity contribution in [3.05, 3.63) is 59.7 Å². The number of ether oxygens (including phenoxy) is 2. The number of benzene rings is 2. The van der Waals surface area contributed by atoms with Crippen LogP contribution >= 0.6 is 0 Å². The first-order valence-corrected chi connectivity index (χ1v) is 6.13. The summed E-state index contributed by atoms with van der Waals surface area (Å²) in [5.41, 5.74) is 1.41. The van der Waals surface area contributed by atoms with Gasteiger partial charge in [0, 0.05) is 5.56 Å². The van der Waals surface area contributed by atoms with Crippen molar-refractivity contribution >= 4 is 6.29 Å². The second kappa shape index (κ2) is 7.01. The molecule has 3 heteroatoms. The van der Waals surface area contributed by atoms with E-state index in [1.807, 2.05) is 30.3 Å². The Morgan fingerprint density at radius 2 is 1.85 bits per heavy atom. The molecule has 2 aromatic rings. The van der Waals surface area contributed by atoms with Crippen LogP contribution in [0.1, 0.15) is 15.9 Å². The van der Waals surface area contributed by atoms with Crippen LogP contribution in [0.2, 0.25) is 0 Å². The lowest BCUT2D eigenvalue weighted by molar-refractivity contribution is 0.112. The zero-order valence-electron chi connectivity index (χ0n) is 11.1. The average molecular weight is 266 g/mol. The zero-order chi connectivity index (χ0) is 14.2. The number of rotatable bonds is 4. The predicted molar refractivity (Wildman–Crippen MR) is 77.2 cm³/mol. The van der Waals surface area contributed by atoms with Gasteiger partial charge < -0.3 is 9.47 Å². The summed E-state index contributed by atoms with van der Waals surface area (Å²) in [5.74, 6) is 7.24. The fourth-order valence-electron chi connectivity index (χ4n) is 1.64. The SMILES string of the molecule is COc1ccc(C#CCOc2ccccc2C=O)cc1. The quantitative estimate of drug-likeness (QED) is 0.630. The van der Waals surface area contributed by atoms with E-state index in [0.717, 1.165) is 17.6 Å². The molecule has 0 heterocycles. The molecular formula is C17H14O3. The molecule has 2 aromatic carbocycles. The monoisotopic (exact) mass is 266 g/mol. The molecule has 0 amide bonds. The molecule has 0 aromatic heterocycles. The lowest BCUT2D eigenvalue weighted by Crippen LogP contribution is -1.97. The molecule has 0 unspecified atom stereocenters. The Balaban J connectivity index is 1.95. The third-order valence-corrected chi connectivity index (χ3v) is 2.67. The molecule has 100 valence electrons. The maximum atomic E-state index is 10.8. The summed E-state index contributed by atoms with van der Waals surface area (Å²) in [4.78, 5) is 10.8. The Bertz CT molecular complexity index is 633. The standard InChI is InChI=1S/C17H14O3/c1-19-16-10-8-14(9-11-16)5-4-12-20-17-7-3-2-6-15(17)13-18/h2-3,6-11,13H,12H2,1H3. The highest BCUT2D eigenvalue weighted by molar-refractivity contribution is 5.79. The summed E-state index contributed by atoms with van der Waals surface area (Å²) in [6.45, 7) is 0.233. The topological polar surface area (TPSA) is 35.5 Å². The normalized spacial score (nSPS) is 9.25. The van der Waals surface area contributed by atoms with E-state index in [-0.39, 0.29) is 6.61 Å². The van der Waals surface area contributed by atoms with Crippen molar-refractivity contribution in [1.82, 2.24) is 0 Å². The minimum absolute atomic E-state index is 0.233. The number of aldehydes is 1. The van der Waals surface area contributed by atoms with Gasteiger partial charge in [-0.3, -0.25) is 4.79 Å². The van der Waals surface area contributed by atoms with Crippen LogP contribution in [0.25, 0.3) is 0 Å². The number of hydrogen-bond acceptors (Lipinski definition) is 3. The number of carbonyl (C=O) groups excluding carboxylic acids is 1. The first-order valence-electron chi connectivity index (χ1n) is 6.13. The zero-order valence-corrected chi connectivity index (χ0v) is 11.1. The molecule has 0 bridgehead atoms. The van der Waals surface area contributed by atoms with E-state index in [4.69, 9.17) is 9.47 Å². The molecule has 0 aliphatic rings.